The number of hydrogen-bond acceptors (Lipinski definition) is 3. The number of nitrogens with two attached hydrogens (primary N) is 1. The van der Waals surface area contributed by atoms with E-state index in [1.165, 1.54) is 6.07 Å². The molecular weight excluding hydrogens is 267 g/mol. The maximum Gasteiger partial charge on any atom is 0.126 e. The summed E-state index contributed by atoms with van der Waals surface area (Å²) in [6, 6.07) is 6.97. The molecule has 3 atom stereocenters. The summed E-state index contributed by atoms with van der Waals surface area (Å²) in [6.45, 7) is 6.71. The molecule has 0 aliphatic carbocycles. The van der Waals surface area contributed by atoms with Gasteiger partial charge in [-0.25, -0.2) is 4.39 Å². The molecule has 21 heavy (non-hydrogen) atoms. The minimum atomic E-state index is -0.237. The number of ether oxygens (including phenoxy) is 1. The fourth-order valence-corrected chi connectivity index (χ4v) is 3.20. The summed E-state index contributed by atoms with van der Waals surface area (Å²) >= 11 is 0. The second kappa shape index (κ2) is 6.86. The largest absolute Gasteiger partial charge is 0.380 e. The van der Waals surface area contributed by atoms with Crippen molar-refractivity contribution in [2.24, 2.45) is 11.7 Å². The van der Waals surface area contributed by atoms with E-state index in [2.05, 4.69) is 18.7 Å². The Hall–Kier alpha value is -0.970. The third-order valence-corrected chi connectivity index (χ3v) is 4.92. The van der Waals surface area contributed by atoms with Crippen molar-refractivity contribution in [3.05, 3.63) is 35.6 Å². The molecule has 1 aliphatic rings. The first-order valence-corrected chi connectivity index (χ1v) is 7.71. The molecular formula is C17H27FN2O. The van der Waals surface area contributed by atoms with Gasteiger partial charge in [-0.3, -0.25) is 4.90 Å². The van der Waals surface area contributed by atoms with E-state index in [0.717, 1.165) is 25.1 Å². The van der Waals surface area contributed by atoms with Crippen molar-refractivity contribution in [1.82, 2.24) is 4.90 Å². The van der Waals surface area contributed by atoms with Crippen LogP contribution in [0.25, 0.3) is 0 Å². The Kier molecular flexibility index (Phi) is 5.36. The lowest BCUT2D eigenvalue weighted by atomic mass is 9.86. The van der Waals surface area contributed by atoms with Crippen LogP contribution >= 0.6 is 0 Å². The van der Waals surface area contributed by atoms with Gasteiger partial charge >= 0.3 is 0 Å². The molecule has 1 saturated heterocycles. The van der Waals surface area contributed by atoms with Gasteiger partial charge in [0, 0.05) is 25.7 Å². The van der Waals surface area contributed by atoms with E-state index in [9.17, 15) is 4.39 Å². The van der Waals surface area contributed by atoms with Gasteiger partial charge in [0.2, 0.25) is 0 Å². The number of likely N-dealkylation sites (tertiary alicyclic amines) is 1. The maximum absolute atomic E-state index is 13.9. The third-order valence-electron chi connectivity index (χ3n) is 4.92. The number of hydrogen-bond donors (Lipinski definition) is 1. The van der Waals surface area contributed by atoms with Gasteiger partial charge in [-0.2, -0.15) is 0 Å². The smallest absolute Gasteiger partial charge is 0.126 e. The Labute approximate surface area is 127 Å². The summed E-state index contributed by atoms with van der Waals surface area (Å²) in [5, 5.41) is 0. The van der Waals surface area contributed by atoms with Gasteiger partial charge in [-0.05, 0) is 43.9 Å². The summed E-state index contributed by atoms with van der Waals surface area (Å²) in [6.07, 6.45) is 1.94. The highest BCUT2D eigenvalue weighted by atomic mass is 19.1. The lowest BCUT2D eigenvalue weighted by molar-refractivity contribution is -0.0401. The summed E-state index contributed by atoms with van der Waals surface area (Å²) in [7, 11) is 1.77. The predicted molar refractivity (Wildman–Crippen MR) is 83.7 cm³/mol. The Bertz CT molecular complexity index is 468. The molecule has 0 saturated carbocycles. The summed E-state index contributed by atoms with van der Waals surface area (Å²) in [4.78, 5) is 2.37. The molecule has 1 fully saturated rings. The van der Waals surface area contributed by atoms with Crippen molar-refractivity contribution in [3.8, 4) is 0 Å². The van der Waals surface area contributed by atoms with Crippen molar-refractivity contribution < 1.29 is 9.13 Å². The van der Waals surface area contributed by atoms with Crippen LogP contribution in [0.15, 0.2) is 24.3 Å². The van der Waals surface area contributed by atoms with Gasteiger partial charge in [0.1, 0.15) is 5.82 Å². The first-order valence-electron chi connectivity index (χ1n) is 7.71. The van der Waals surface area contributed by atoms with E-state index >= 15 is 0 Å². The van der Waals surface area contributed by atoms with Gasteiger partial charge in [0.15, 0.2) is 0 Å². The molecule has 0 bridgehead atoms. The molecule has 118 valence electrons. The molecule has 2 rings (SSSR count). The average molecular weight is 294 g/mol. The van der Waals surface area contributed by atoms with Gasteiger partial charge in [-0.1, -0.05) is 25.1 Å². The zero-order chi connectivity index (χ0) is 15.5. The van der Waals surface area contributed by atoms with Crippen LogP contribution in [-0.4, -0.2) is 43.3 Å². The number of rotatable bonds is 5. The number of nitrogens with zero attached hydrogens (tertiary/aromatic N) is 1. The topological polar surface area (TPSA) is 38.5 Å². The molecule has 0 spiro atoms. The Morgan fingerprint density at radius 3 is 2.76 bits per heavy atom. The van der Waals surface area contributed by atoms with Crippen LogP contribution in [0.2, 0.25) is 0 Å². The van der Waals surface area contributed by atoms with Crippen molar-refractivity contribution in [2.75, 3.05) is 26.7 Å². The number of methoxy groups -OCH3 is 1. The summed E-state index contributed by atoms with van der Waals surface area (Å²) in [5.74, 6) is 0.410. The van der Waals surface area contributed by atoms with Crippen LogP contribution in [-0.2, 0) is 11.2 Å². The number of benzene rings is 1. The summed E-state index contributed by atoms with van der Waals surface area (Å²) < 4.78 is 19.5. The van der Waals surface area contributed by atoms with E-state index < -0.39 is 0 Å². The minimum Gasteiger partial charge on any atom is -0.380 e. The van der Waals surface area contributed by atoms with E-state index in [-0.39, 0.29) is 17.5 Å². The van der Waals surface area contributed by atoms with Gasteiger partial charge in [0.25, 0.3) is 0 Å². The van der Waals surface area contributed by atoms with Crippen LogP contribution in [0, 0.1) is 11.7 Å². The van der Waals surface area contributed by atoms with Gasteiger partial charge < -0.3 is 10.5 Å². The van der Waals surface area contributed by atoms with E-state index in [0.29, 0.717) is 18.9 Å². The number of halogens is 1. The van der Waals surface area contributed by atoms with Crippen molar-refractivity contribution in [2.45, 2.75) is 38.3 Å². The summed E-state index contributed by atoms with van der Waals surface area (Å²) in [5.41, 5.74) is 6.55. The maximum atomic E-state index is 13.9. The molecule has 3 unspecified atom stereocenters. The van der Waals surface area contributed by atoms with Crippen LogP contribution in [0.5, 0.6) is 0 Å². The van der Waals surface area contributed by atoms with Gasteiger partial charge in [0.05, 0.1) is 6.10 Å². The Morgan fingerprint density at radius 1 is 1.43 bits per heavy atom. The van der Waals surface area contributed by atoms with Crippen LogP contribution in [0.3, 0.4) is 0 Å². The highest BCUT2D eigenvalue weighted by Crippen LogP contribution is 2.28. The third kappa shape index (κ3) is 3.62. The monoisotopic (exact) mass is 294 g/mol. The van der Waals surface area contributed by atoms with Crippen LogP contribution in [0.4, 0.5) is 4.39 Å². The van der Waals surface area contributed by atoms with Crippen molar-refractivity contribution >= 4 is 0 Å². The first-order chi connectivity index (χ1) is 10.00. The lowest BCUT2D eigenvalue weighted by Gasteiger charge is -2.46. The molecule has 0 aromatic heterocycles. The Morgan fingerprint density at radius 2 is 2.14 bits per heavy atom. The standard InChI is InChI=1S/C17H27FN2O/c1-13-8-9-20(11-16(13)21-3)17(2,12-19)10-14-6-4-5-7-15(14)18/h4-7,13,16H,8-12,19H2,1-3H3. The molecule has 1 aliphatic heterocycles. The van der Waals surface area contributed by atoms with Crippen molar-refractivity contribution in [3.63, 3.8) is 0 Å². The van der Waals surface area contributed by atoms with E-state index in [4.69, 9.17) is 10.5 Å². The molecule has 4 heteroatoms. The highest BCUT2D eigenvalue weighted by molar-refractivity contribution is 5.20. The van der Waals surface area contributed by atoms with E-state index in [1.807, 2.05) is 12.1 Å². The lowest BCUT2D eigenvalue weighted by Crippen LogP contribution is -2.59. The zero-order valence-corrected chi connectivity index (χ0v) is 13.3. The predicted octanol–water partition coefficient (Wildman–Crippen LogP) is 2.44. The van der Waals surface area contributed by atoms with E-state index in [1.54, 1.807) is 13.2 Å². The minimum absolute atomic E-state index is 0.147. The second-order valence-electron chi connectivity index (χ2n) is 6.46. The fraction of sp³-hybridized carbons (Fsp3) is 0.647. The second-order valence-corrected chi connectivity index (χ2v) is 6.46. The average Bonchev–Trinajstić information content (AvgIpc) is 2.50. The quantitative estimate of drug-likeness (QED) is 0.906. The zero-order valence-electron chi connectivity index (χ0n) is 13.3. The highest BCUT2D eigenvalue weighted by Gasteiger charge is 2.37. The normalized spacial score (nSPS) is 26.5. The molecule has 3 nitrogen and oxygen atoms in total. The molecule has 0 amide bonds. The molecule has 2 N–H and O–H groups in total. The molecule has 0 radical (unpaired) electrons. The molecule has 1 aromatic carbocycles. The van der Waals surface area contributed by atoms with Crippen LogP contribution in [0.1, 0.15) is 25.8 Å². The number of piperidine rings is 1. The first kappa shape index (κ1) is 16.4. The molecule has 1 aromatic rings. The van der Waals surface area contributed by atoms with Gasteiger partial charge in [-0.15, -0.1) is 0 Å². The van der Waals surface area contributed by atoms with Crippen molar-refractivity contribution in [1.29, 1.82) is 0 Å². The molecule has 1 heterocycles. The Balaban J connectivity index is 2.15. The van der Waals surface area contributed by atoms with Crippen LogP contribution < -0.4 is 5.73 Å². The fourth-order valence-electron chi connectivity index (χ4n) is 3.20. The SMILES string of the molecule is COC1CN(C(C)(CN)Cc2ccccc2F)CCC1C.